The zero-order valence-corrected chi connectivity index (χ0v) is 15.3. The summed E-state index contributed by atoms with van der Waals surface area (Å²) < 4.78 is 0. The van der Waals surface area contributed by atoms with Crippen LogP contribution in [0.25, 0.3) is 0 Å². The summed E-state index contributed by atoms with van der Waals surface area (Å²) in [5, 5.41) is 3.95. The maximum absolute atomic E-state index is 12.2. The molecule has 5 nitrogen and oxygen atoms in total. The molecule has 0 spiro atoms. The Morgan fingerprint density at radius 2 is 2.12 bits per heavy atom. The fraction of sp³-hybridized carbons (Fsp3) is 0.667. The maximum Gasteiger partial charge on any atom is 0.221 e. The highest BCUT2D eigenvalue weighted by molar-refractivity contribution is 7.99. The van der Waals surface area contributed by atoms with Gasteiger partial charge in [0.05, 0.1) is 0 Å². The average Bonchev–Trinajstić information content (AvgIpc) is 3.09. The standard InChI is InChI=1S/C18H28N4OS/c1-24-16-6-5-15(14-16)20-18(23)7-9-21-10-12-22(13-11-21)17-4-2-3-8-19-17/h2-4,8,15-16H,5-7,9-14H2,1H3,(H,20,23). The van der Waals surface area contributed by atoms with Crippen molar-refractivity contribution in [3.8, 4) is 0 Å². The Balaban J connectivity index is 1.34. The predicted octanol–water partition coefficient (Wildman–Crippen LogP) is 1.99. The number of hydrogen-bond donors (Lipinski definition) is 1. The van der Waals surface area contributed by atoms with Crippen LogP contribution in [0.3, 0.4) is 0 Å². The molecule has 2 unspecified atom stereocenters. The van der Waals surface area contributed by atoms with E-state index in [0.29, 0.717) is 12.5 Å². The molecule has 1 saturated heterocycles. The lowest BCUT2D eigenvalue weighted by Crippen LogP contribution is -2.47. The van der Waals surface area contributed by atoms with E-state index in [1.807, 2.05) is 30.1 Å². The van der Waals surface area contributed by atoms with E-state index in [0.717, 1.165) is 56.6 Å². The highest BCUT2D eigenvalue weighted by atomic mass is 32.2. The Morgan fingerprint density at radius 3 is 2.79 bits per heavy atom. The molecule has 1 aliphatic carbocycles. The summed E-state index contributed by atoms with van der Waals surface area (Å²) in [6.45, 7) is 4.83. The number of carbonyl (C=O) groups excluding carboxylic acids is 1. The van der Waals surface area contributed by atoms with E-state index in [1.54, 1.807) is 0 Å². The lowest BCUT2D eigenvalue weighted by atomic mass is 10.2. The number of nitrogens with one attached hydrogen (secondary N) is 1. The molecule has 1 amide bonds. The molecule has 0 bridgehead atoms. The zero-order valence-electron chi connectivity index (χ0n) is 14.5. The van der Waals surface area contributed by atoms with Crippen molar-refractivity contribution in [3.05, 3.63) is 24.4 Å². The second kappa shape index (κ2) is 8.72. The van der Waals surface area contributed by atoms with Crippen LogP contribution in [0.4, 0.5) is 5.82 Å². The van der Waals surface area contributed by atoms with Crippen LogP contribution in [0.1, 0.15) is 25.7 Å². The van der Waals surface area contributed by atoms with Gasteiger partial charge < -0.3 is 10.2 Å². The number of aromatic nitrogens is 1. The molecule has 1 aliphatic heterocycles. The van der Waals surface area contributed by atoms with E-state index >= 15 is 0 Å². The second-order valence-corrected chi connectivity index (χ2v) is 7.84. The third kappa shape index (κ3) is 4.86. The van der Waals surface area contributed by atoms with Gasteiger partial charge in [0, 0.05) is 56.6 Å². The van der Waals surface area contributed by atoms with Crippen LogP contribution in [0.2, 0.25) is 0 Å². The van der Waals surface area contributed by atoms with Crippen LogP contribution in [-0.2, 0) is 4.79 Å². The van der Waals surface area contributed by atoms with Crippen LogP contribution in [0.5, 0.6) is 0 Å². The SMILES string of the molecule is CSC1CCC(NC(=O)CCN2CCN(c3ccccn3)CC2)C1. The van der Waals surface area contributed by atoms with Crippen LogP contribution in [-0.4, -0.2) is 66.1 Å². The van der Waals surface area contributed by atoms with Gasteiger partial charge >= 0.3 is 0 Å². The minimum atomic E-state index is 0.217. The second-order valence-electron chi connectivity index (χ2n) is 6.70. The fourth-order valence-corrected chi connectivity index (χ4v) is 4.38. The van der Waals surface area contributed by atoms with Crippen molar-refractivity contribution in [2.75, 3.05) is 43.9 Å². The molecular formula is C18H28N4OS. The number of hydrogen-bond acceptors (Lipinski definition) is 5. The van der Waals surface area contributed by atoms with Gasteiger partial charge in [-0.1, -0.05) is 6.07 Å². The minimum Gasteiger partial charge on any atom is -0.354 e. The quantitative estimate of drug-likeness (QED) is 0.852. The number of carbonyl (C=O) groups is 1. The number of anilines is 1. The molecule has 2 aliphatic rings. The Bertz CT molecular complexity index is 519. The Labute approximate surface area is 149 Å². The van der Waals surface area contributed by atoms with Crippen molar-refractivity contribution < 1.29 is 4.79 Å². The Kier molecular flexibility index (Phi) is 6.37. The van der Waals surface area contributed by atoms with E-state index in [9.17, 15) is 4.79 Å². The number of piperazine rings is 1. The van der Waals surface area contributed by atoms with Gasteiger partial charge in [0.15, 0.2) is 0 Å². The Hall–Kier alpha value is -1.27. The largest absolute Gasteiger partial charge is 0.354 e. The molecule has 1 aromatic rings. The van der Waals surface area contributed by atoms with Crippen molar-refractivity contribution in [1.82, 2.24) is 15.2 Å². The van der Waals surface area contributed by atoms with Crippen molar-refractivity contribution in [3.63, 3.8) is 0 Å². The highest BCUT2D eigenvalue weighted by Gasteiger charge is 2.25. The molecule has 2 heterocycles. The summed E-state index contributed by atoms with van der Waals surface area (Å²) in [6.07, 6.45) is 8.14. The summed E-state index contributed by atoms with van der Waals surface area (Å²) in [5.74, 6) is 1.27. The lowest BCUT2D eigenvalue weighted by molar-refractivity contribution is -0.122. The van der Waals surface area contributed by atoms with Crippen LogP contribution in [0, 0.1) is 0 Å². The average molecular weight is 349 g/mol. The maximum atomic E-state index is 12.2. The van der Waals surface area contributed by atoms with Gasteiger partial charge in [-0.05, 0) is 37.7 Å². The fourth-order valence-electron chi connectivity index (χ4n) is 3.59. The van der Waals surface area contributed by atoms with Gasteiger partial charge in [-0.3, -0.25) is 9.69 Å². The first-order valence-electron chi connectivity index (χ1n) is 8.95. The number of rotatable bonds is 6. The molecule has 0 aromatic carbocycles. The third-order valence-corrected chi connectivity index (χ3v) is 6.18. The first-order valence-corrected chi connectivity index (χ1v) is 10.2. The van der Waals surface area contributed by atoms with Crippen molar-refractivity contribution in [2.24, 2.45) is 0 Å². The van der Waals surface area contributed by atoms with E-state index < -0.39 is 0 Å². The van der Waals surface area contributed by atoms with E-state index in [-0.39, 0.29) is 5.91 Å². The summed E-state index contributed by atoms with van der Waals surface area (Å²) in [6, 6.07) is 6.44. The summed E-state index contributed by atoms with van der Waals surface area (Å²) in [5.41, 5.74) is 0. The van der Waals surface area contributed by atoms with Crippen LogP contribution < -0.4 is 10.2 Å². The topological polar surface area (TPSA) is 48.5 Å². The molecule has 6 heteroatoms. The number of amides is 1. The summed E-state index contributed by atoms with van der Waals surface area (Å²) in [7, 11) is 0. The van der Waals surface area contributed by atoms with Gasteiger partial charge in [0.25, 0.3) is 0 Å². The highest BCUT2D eigenvalue weighted by Crippen LogP contribution is 2.28. The van der Waals surface area contributed by atoms with E-state index in [2.05, 4.69) is 32.4 Å². The Morgan fingerprint density at radius 1 is 1.29 bits per heavy atom. The van der Waals surface area contributed by atoms with Crippen molar-refractivity contribution >= 4 is 23.5 Å². The third-order valence-electron chi connectivity index (χ3n) is 5.08. The van der Waals surface area contributed by atoms with Gasteiger partial charge in [-0.15, -0.1) is 0 Å². The molecule has 1 aromatic heterocycles. The van der Waals surface area contributed by atoms with Crippen molar-refractivity contribution in [1.29, 1.82) is 0 Å². The molecule has 1 saturated carbocycles. The molecule has 0 radical (unpaired) electrons. The molecule has 24 heavy (non-hydrogen) atoms. The van der Waals surface area contributed by atoms with Gasteiger partial charge in [0.1, 0.15) is 5.82 Å². The van der Waals surface area contributed by atoms with Crippen LogP contribution >= 0.6 is 11.8 Å². The van der Waals surface area contributed by atoms with Gasteiger partial charge in [-0.25, -0.2) is 4.98 Å². The van der Waals surface area contributed by atoms with Gasteiger partial charge in [-0.2, -0.15) is 11.8 Å². The predicted molar refractivity (Wildman–Crippen MR) is 101 cm³/mol. The monoisotopic (exact) mass is 348 g/mol. The number of pyridine rings is 1. The molecule has 2 fully saturated rings. The minimum absolute atomic E-state index is 0.217. The number of nitrogens with zero attached hydrogens (tertiary/aromatic N) is 3. The first-order chi connectivity index (χ1) is 11.7. The summed E-state index contributed by atoms with van der Waals surface area (Å²) in [4.78, 5) is 21.3. The first kappa shape index (κ1) is 17.5. The molecule has 132 valence electrons. The van der Waals surface area contributed by atoms with Crippen molar-refractivity contribution in [2.45, 2.75) is 37.0 Å². The van der Waals surface area contributed by atoms with Gasteiger partial charge in [0.2, 0.25) is 5.91 Å². The van der Waals surface area contributed by atoms with E-state index in [4.69, 9.17) is 0 Å². The lowest BCUT2D eigenvalue weighted by Gasteiger charge is -2.35. The normalized spacial score (nSPS) is 25.0. The summed E-state index contributed by atoms with van der Waals surface area (Å²) >= 11 is 1.93. The zero-order chi connectivity index (χ0) is 16.8. The molecule has 2 atom stereocenters. The number of thioether (sulfide) groups is 1. The molecule has 1 N–H and O–H groups in total. The van der Waals surface area contributed by atoms with E-state index in [1.165, 1.54) is 6.42 Å². The molecular weight excluding hydrogens is 320 g/mol. The van der Waals surface area contributed by atoms with Crippen LogP contribution in [0.15, 0.2) is 24.4 Å². The smallest absolute Gasteiger partial charge is 0.221 e. The molecule has 3 rings (SSSR count).